The van der Waals surface area contributed by atoms with Crippen molar-refractivity contribution >= 4 is 23.5 Å². The Hall–Kier alpha value is -2.28. The molecule has 0 saturated heterocycles. The van der Waals surface area contributed by atoms with Crippen molar-refractivity contribution in [2.75, 3.05) is 17.7 Å². The van der Waals surface area contributed by atoms with Crippen LogP contribution >= 0.6 is 11.8 Å². The van der Waals surface area contributed by atoms with Crippen LogP contribution in [0.2, 0.25) is 0 Å². The largest absolute Gasteiger partial charge is 0.494 e. The number of fused-ring (bicyclic) bond motifs is 1. The van der Waals surface area contributed by atoms with Gasteiger partial charge >= 0.3 is 0 Å². The highest BCUT2D eigenvalue weighted by molar-refractivity contribution is 7.99. The van der Waals surface area contributed by atoms with Gasteiger partial charge in [0.2, 0.25) is 5.91 Å². The fourth-order valence-electron chi connectivity index (χ4n) is 2.97. The van der Waals surface area contributed by atoms with Gasteiger partial charge in [0, 0.05) is 12.3 Å². The van der Waals surface area contributed by atoms with Crippen LogP contribution in [-0.4, -0.2) is 28.2 Å². The minimum absolute atomic E-state index is 0.128. The molecule has 1 amide bonds. The Bertz CT molecular complexity index is 833. The molecule has 0 saturated carbocycles. The first-order valence-electron chi connectivity index (χ1n) is 8.92. The number of H-pyrrole nitrogens is 1. The molecule has 0 bridgehead atoms. The fourth-order valence-corrected chi connectivity index (χ4v) is 3.57. The van der Waals surface area contributed by atoms with Gasteiger partial charge in [-0.15, -0.1) is 0 Å². The number of hydrogen-bond donors (Lipinski definition) is 2. The summed E-state index contributed by atoms with van der Waals surface area (Å²) in [5.41, 5.74) is 1.23. The highest BCUT2D eigenvalue weighted by atomic mass is 32.2. The van der Waals surface area contributed by atoms with Gasteiger partial charge < -0.3 is 15.0 Å². The van der Waals surface area contributed by atoms with E-state index in [1.165, 1.54) is 11.8 Å². The average molecular weight is 373 g/mol. The molecule has 0 fully saturated rings. The zero-order valence-corrected chi connectivity index (χ0v) is 15.8. The van der Waals surface area contributed by atoms with Crippen molar-refractivity contribution in [3.8, 4) is 5.75 Å². The topological polar surface area (TPSA) is 84.1 Å². The van der Waals surface area contributed by atoms with Gasteiger partial charge in [-0.2, -0.15) is 0 Å². The average Bonchev–Trinajstić information content (AvgIpc) is 2.62. The molecule has 0 radical (unpaired) electrons. The molecule has 6 nitrogen and oxygen atoms in total. The minimum atomic E-state index is -0.305. The Balaban J connectivity index is 1.90. The van der Waals surface area contributed by atoms with Crippen LogP contribution < -0.4 is 15.6 Å². The number of amides is 1. The number of rotatable bonds is 7. The molecule has 2 N–H and O–H groups in total. The van der Waals surface area contributed by atoms with E-state index in [2.05, 4.69) is 22.2 Å². The first-order chi connectivity index (χ1) is 12.6. The Labute approximate surface area is 156 Å². The molecule has 1 unspecified atom stereocenters. The standard InChI is InChI=1S/C19H23N3O3S/c1-3-5-10-25-13-8-6-12(7-9-13)14-11-15(23)20-17-16(14)18(24)22-19(21-17)26-4-2/h6-9,14H,3-5,10-11H2,1-2H3,(H2,20,21,22,23,24). The molecule has 2 heterocycles. The highest BCUT2D eigenvalue weighted by Gasteiger charge is 2.30. The van der Waals surface area contributed by atoms with E-state index < -0.39 is 0 Å². The molecule has 1 aromatic carbocycles. The lowest BCUT2D eigenvalue weighted by molar-refractivity contribution is -0.116. The van der Waals surface area contributed by atoms with Crippen molar-refractivity contribution in [3.05, 3.63) is 45.7 Å². The van der Waals surface area contributed by atoms with Gasteiger partial charge in [0.05, 0.1) is 12.2 Å². The van der Waals surface area contributed by atoms with Crippen LogP contribution in [0.25, 0.3) is 0 Å². The maximum absolute atomic E-state index is 12.6. The van der Waals surface area contributed by atoms with Gasteiger partial charge in [0.15, 0.2) is 5.16 Å². The van der Waals surface area contributed by atoms with Crippen molar-refractivity contribution in [3.63, 3.8) is 0 Å². The number of carbonyl (C=O) groups excluding carboxylic acids is 1. The predicted molar refractivity (Wildman–Crippen MR) is 103 cm³/mol. The summed E-state index contributed by atoms with van der Waals surface area (Å²) >= 11 is 1.44. The highest BCUT2D eigenvalue weighted by Crippen LogP contribution is 2.35. The molecule has 1 atom stereocenters. The van der Waals surface area contributed by atoms with Gasteiger partial charge in [-0.05, 0) is 29.9 Å². The zero-order valence-electron chi connectivity index (χ0n) is 15.0. The summed E-state index contributed by atoms with van der Waals surface area (Å²) in [6.07, 6.45) is 2.32. The molecule has 7 heteroatoms. The Morgan fingerprint density at radius 2 is 2.00 bits per heavy atom. The van der Waals surface area contributed by atoms with E-state index in [9.17, 15) is 9.59 Å². The smallest absolute Gasteiger partial charge is 0.257 e. The zero-order chi connectivity index (χ0) is 18.5. The maximum Gasteiger partial charge on any atom is 0.257 e. The summed E-state index contributed by atoms with van der Waals surface area (Å²) < 4.78 is 5.68. The number of carbonyl (C=O) groups is 1. The lowest BCUT2D eigenvalue weighted by Crippen LogP contribution is -2.31. The van der Waals surface area contributed by atoms with Gasteiger partial charge in [0.1, 0.15) is 11.6 Å². The van der Waals surface area contributed by atoms with E-state index in [4.69, 9.17) is 4.74 Å². The third kappa shape index (κ3) is 4.09. The Morgan fingerprint density at radius 1 is 1.23 bits per heavy atom. The van der Waals surface area contributed by atoms with Crippen LogP contribution in [0.1, 0.15) is 50.2 Å². The second-order valence-electron chi connectivity index (χ2n) is 6.14. The van der Waals surface area contributed by atoms with Crippen molar-refractivity contribution < 1.29 is 9.53 Å². The van der Waals surface area contributed by atoms with Crippen LogP contribution in [-0.2, 0) is 4.79 Å². The first kappa shape index (κ1) is 18.5. The Morgan fingerprint density at radius 3 is 2.69 bits per heavy atom. The Kier molecular flexibility index (Phi) is 5.98. The van der Waals surface area contributed by atoms with E-state index in [0.717, 1.165) is 29.9 Å². The fraction of sp³-hybridized carbons (Fsp3) is 0.421. The molecule has 1 aromatic heterocycles. The molecule has 26 heavy (non-hydrogen) atoms. The third-order valence-electron chi connectivity index (χ3n) is 4.26. The van der Waals surface area contributed by atoms with Crippen molar-refractivity contribution in [2.24, 2.45) is 0 Å². The van der Waals surface area contributed by atoms with Crippen LogP contribution in [0.4, 0.5) is 5.82 Å². The SMILES string of the molecule is CCCCOc1ccc(C2CC(=O)Nc3nc(SCC)[nH]c(=O)c32)cc1. The van der Waals surface area contributed by atoms with E-state index in [1.54, 1.807) is 0 Å². The monoisotopic (exact) mass is 373 g/mol. The first-order valence-corrected chi connectivity index (χ1v) is 9.90. The van der Waals surface area contributed by atoms with E-state index in [0.29, 0.717) is 23.1 Å². The van der Waals surface area contributed by atoms with Gasteiger partial charge in [-0.3, -0.25) is 9.59 Å². The number of nitrogens with zero attached hydrogens (tertiary/aromatic N) is 1. The summed E-state index contributed by atoms with van der Waals surface area (Å²) in [4.78, 5) is 32.0. The van der Waals surface area contributed by atoms with E-state index >= 15 is 0 Å². The van der Waals surface area contributed by atoms with Crippen LogP contribution in [0.15, 0.2) is 34.2 Å². The quantitative estimate of drug-likeness (QED) is 0.441. The second-order valence-corrected chi connectivity index (χ2v) is 7.40. The summed E-state index contributed by atoms with van der Waals surface area (Å²) in [5, 5.41) is 3.26. The lowest BCUT2D eigenvalue weighted by atomic mass is 9.87. The van der Waals surface area contributed by atoms with Crippen LogP contribution in [0, 0.1) is 0 Å². The molecule has 1 aliphatic heterocycles. The molecular formula is C19H23N3O3S. The third-order valence-corrected chi connectivity index (χ3v) is 5.01. The van der Waals surface area contributed by atoms with Gasteiger partial charge in [-0.25, -0.2) is 4.98 Å². The molecule has 1 aliphatic rings. The van der Waals surface area contributed by atoms with Crippen molar-refractivity contribution in [1.29, 1.82) is 0 Å². The number of thioether (sulfide) groups is 1. The molecule has 3 rings (SSSR count). The number of unbranched alkanes of at least 4 members (excludes halogenated alkanes) is 1. The number of nitrogens with one attached hydrogen (secondary N) is 2. The maximum atomic E-state index is 12.6. The van der Waals surface area contributed by atoms with Gasteiger partial charge in [0.25, 0.3) is 5.56 Å². The molecular weight excluding hydrogens is 350 g/mol. The summed E-state index contributed by atoms with van der Waals surface area (Å²) in [6, 6.07) is 7.62. The summed E-state index contributed by atoms with van der Waals surface area (Å²) in [6.45, 7) is 4.79. The summed E-state index contributed by atoms with van der Waals surface area (Å²) in [7, 11) is 0. The van der Waals surface area contributed by atoms with Gasteiger partial charge in [-0.1, -0.05) is 44.2 Å². The minimum Gasteiger partial charge on any atom is -0.494 e. The number of aromatic amines is 1. The number of benzene rings is 1. The van der Waals surface area contributed by atoms with Crippen LogP contribution in [0.3, 0.4) is 0 Å². The number of hydrogen-bond acceptors (Lipinski definition) is 5. The van der Waals surface area contributed by atoms with Crippen LogP contribution in [0.5, 0.6) is 5.75 Å². The molecule has 0 aliphatic carbocycles. The second kappa shape index (κ2) is 8.40. The number of anilines is 1. The van der Waals surface area contributed by atoms with Crippen molar-refractivity contribution in [1.82, 2.24) is 9.97 Å². The lowest BCUT2D eigenvalue weighted by Gasteiger charge is -2.24. The molecule has 2 aromatic rings. The van der Waals surface area contributed by atoms with E-state index in [-0.39, 0.29) is 23.8 Å². The molecule has 138 valence electrons. The predicted octanol–water partition coefficient (Wildman–Crippen LogP) is 3.53. The normalized spacial score (nSPS) is 16.1. The molecule has 0 spiro atoms. The van der Waals surface area contributed by atoms with Crippen molar-refractivity contribution in [2.45, 2.75) is 44.2 Å². The summed E-state index contributed by atoms with van der Waals surface area (Å²) in [5.74, 6) is 1.52. The van der Waals surface area contributed by atoms with E-state index in [1.807, 2.05) is 31.2 Å². The number of aromatic nitrogens is 2. The number of ether oxygens (including phenoxy) is 1.